The molecule has 0 aliphatic carbocycles. The normalized spacial score (nSPS) is 25.8. The molecule has 3 aliphatic rings. The highest BCUT2D eigenvalue weighted by Crippen LogP contribution is 2.40. The molecule has 5 aromatic rings. The summed E-state index contributed by atoms with van der Waals surface area (Å²) < 4.78 is 70.2. The van der Waals surface area contributed by atoms with Gasteiger partial charge in [0.25, 0.3) is 0 Å². The summed E-state index contributed by atoms with van der Waals surface area (Å²) in [5, 5.41) is 2.80. The molecule has 72 heavy (non-hydrogen) atoms. The van der Waals surface area contributed by atoms with Crippen LogP contribution in [-0.2, 0) is 70.1 Å². The summed E-state index contributed by atoms with van der Waals surface area (Å²) >= 11 is 5.94. The van der Waals surface area contributed by atoms with Crippen LogP contribution in [0.4, 0.5) is 4.79 Å². The van der Waals surface area contributed by atoms with Crippen molar-refractivity contribution in [1.82, 2.24) is 5.32 Å². The van der Waals surface area contributed by atoms with Crippen LogP contribution in [-0.4, -0.2) is 111 Å². The first-order valence-electron chi connectivity index (χ1n) is 24.0. The van der Waals surface area contributed by atoms with Gasteiger partial charge in [0.1, 0.15) is 36.9 Å². The second-order valence-corrected chi connectivity index (χ2v) is 17.5. The van der Waals surface area contributed by atoms with E-state index >= 15 is 0 Å². The van der Waals surface area contributed by atoms with Crippen molar-refractivity contribution in [1.29, 1.82) is 0 Å². The topological polar surface area (TPSA) is 182 Å². The average molecular weight is 1010 g/mol. The second-order valence-electron chi connectivity index (χ2n) is 17.3. The van der Waals surface area contributed by atoms with Crippen LogP contribution in [0.3, 0.4) is 0 Å². The van der Waals surface area contributed by atoms with Crippen molar-refractivity contribution in [3.63, 3.8) is 0 Å². The van der Waals surface area contributed by atoms with Gasteiger partial charge in [-0.2, -0.15) is 0 Å². The lowest BCUT2D eigenvalue weighted by molar-refractivity contribution is -0.395. The van der Waals surface area contributed by atoms with Crippen LogP contribution < -0.4 is 5.32 Å². The molecule has 0 aromatic heterocycles. The number of esters is 3. The zero-order chi connectivity index (χ0) is 50.1. The Morgan fingerprint density at radius 2 is 1.17 bits per heavy atom. The van der Waals surface area contributed by atoms with Gasteiger partial charge >= 0.3 is 24.0 Å². The van der Waals surface area contributed by atoms with Crippen molar-refractivity contribution in [3.05, 3.63) is 179 Å². The van der Waals surface area contributed by atoms with E-state index < -0.39 is 97.6 Å². The molecule has 1 amide bonds. The fourth-order valence-corrected chi connectivity index (χ4v) is 8.56. The summed E-state index contributed by atoms with van der Waals surface area (Å²) in [7, 11) is 0. The van der Waals surface area contributed by atoms with E-state index in [-0.39, 0.29) is 37.6 Å². The third-order valence-corrected chi connectivity index (χ3v) is 12.3. The van der Waals surface area contributed by atoms with E-state index in [4.69, 9.17) is 63.7 Å². The number of ether oxygens (including phenoxy) is 11. The number of amides is 1. The van der Waals surface area contributed by atoms with Crippen molar-refractivity contribution in [2.75, 3.05) is 25.6 Å². The number of alkyl carbamates (subject to hydrolysis) is 1. The van der Waals surface area contributed by atoms with Gasteiger partial charge in [0.15, 0.2) is 37.2 Å². The maximum atomic E-state index is 14.1. The van der Waals surface area contributed by atoms with Gasteiger partial charge in [-0.25, -0.2) is 14.4 Å². The predicted octanol–water partition coefficient (Wildman–Crippen LogP) is 8.26. The van der Waals surface area contributed by atoms with Crippen molar-refractivity contribution >= 4 is 35.6 Å². The van der Waals surface area contributed by atoms with Crippen molar-refractivity contribution in [2.24, 2.45) is 0 Å². The summed E-state index contributed by atoms with van der Waals surface area (Å²) in [6.07, 6.45) is -11.3. The van der Waals surface area contributed by atoms with E-state index in [1.54, 1.807) is 67.6 Å². The van der Waals surface area contributed by atoms with Crippen LogP contribution in [0.5, 0.6) is 0 Å². The molecule has 8 rings (SSSR count). The number of halogens is 1. The molecule has 3 aliphatic heterocycles. The molecule has 1 N–H and O–H groups in total. The smallest absolute Gasteiger partial charge is 0.407 e. The highest BCUT2D eigenvalue weighted by atomic mass is 35.5. The van der Waals surface area contributed by atoms with E-state index in [9.17, 15) is 19.2 Å². The summed E-state index contributed by atoms with van der Waals surface area (Å²) in [6.45, 7) is 2.57. The summed E-state index contributed by atoms with van der Waals surface area (Å²) in [5.41, 5.74) is 2.84. The van der Waals surface area contributed by atoms with Gasteiger partial charge in [-0.1, -0.05) is 127 Å². The van der Waals surface area contributed by atoms with Gasteiger partial charge in [0.05, 0.1) is 30.4 Å². The van der Waals surface area contributed by atoms with E-state index in [1.807, 2.05) is 91.0 Å². The number of carbonyl (C=O) groups excluding carboxylic acids is 4. The number of benzene rings is 5. The summed E-state index contributed by atoms with van der Waals surface area (Å²) in [5.74, 6) is -2.94. The Morgan fingerprint density at radius 3 is 1.79 bits per heavy atom. The minimum absolute atomic E-state index is 0.0590. The molecule has 0 spiro atoms. The second kappa shape index (κ2) is 26.5. The van der Waals surface area contributed by atoms with E-state index in [0.29, 0.717) is 25.8 Å². The Balaban J connectivity index is 1.08. The predicted molar refractivity (Wildman–Crippen MR) is 259 cm³/mol. The Bertz CT molecular complexity index is 2460. The molecule has 0 saturated carbocycles. The number of unbranched alkanes of at least 4 members (excludes halogenated alkanes) is 2. The van der Waals surface area contributed by atoms with Crippen LogP contribution in [0.2, 0.25) is 0 Å². The number of nitrogens with one attached hydrogen (secondary N) is 1. The quantitative estimate of drug-likeness (QED) is 0.0321. The van der Waals surface area contributed by atoms with Gasteiger partial charge in [0, 0.05) is 18.7 Å². The highest BCUT2D eigenvalue weighted by molar-refractivity contribution is 6.26. The van der Waals surface area contributed by atoms with Gasteiger partial charge in [-0.3, -0.25) is 4.79 Å². The first-order valence-corrected chi connectivity index (χ1v) is 24.5. The van der Waals surface area contributed by atoms with Gasteiger partial charge < -0.3 is 57.4 Å². The molecule has 16 nitrogen and oxygen atoms in total. The SMILES string of the molecule is C[C@@H]1O[C@@H](O[C@@H]2[C@@H](OCc3ccccc3)[C@H](OCCCCCNC(=O)OCc3ccccc3)O[C@@H]3CO[C@@H](c4ccccc4)O[C@@H]23)[C@H](OC(=O)c2ccccc2)[C@H](OC(=O)c2ccccc2)[C@H]1OC(=O)CCl. The van der Waals surface area contributed by atoms with Crippen molar-refractivity contribution < 1.29 is 71.3 Å². The minimum atomic E-state index is -1.57. The Kier molecular flexibility index (Phi) is 19.2. The Labute approximate surface area is 423 Å². The molecular weight excluding hydrogens is 950 g/mol. The minimum Gasteiger partial charge on any atom is -0.455 e. The zero-order valence-electron chi connectivity index (χ0n) is 39.7. The molecule has 0 radical (unpaired) electrons. The molecule has 0 bridgehead atoms. The number of hydrogen-bond acceptors (Lipinski definition) is 15. The maximum Gasteiger partial charge on any atom is 0.407 e. The number of carbonyl (C=O) groups is 4. The number of alkyl halides is 1. The lowest BCUT2D eigenvalue weighted by Gasteiger charge is -2.51. The number of rotatable bonds is 21. The summed E-state index contributed by atoms with van der Waals surface area (Å²) in [6, 6.07) is 44.8. The lowest BCUT2D eigenvalue weighted by Crippen LogP contribution is -2.67. The molecule has 3 heterocycles. The Morgan fingerprint density at radius 1 is 0.583 bits per heavy atom. The largest absolute Gasteiger partial charge is 0.455 e. The molecule has 17 heteroatoms. The fraction of sp³-hybridized carbons (Fsp3) is 0.382. The number of hydrogen-bond donors (Lipinski definition) is 1. The summed E-state index contributed by atoms with van der Waals surface area (Å²) in [4.78, 5) is 53.3. The average Bonchev–Trinajstić information content (AvgIpc) is 3.42. The Hall–Kier alpha value is -6.21. The molecule has 11 atom stereocenters. The van der Waals surface area contributed by atoms with Gasteiger partial charge in [-0.05, 0) is 61.6 Å². The first kappa shape index (κ1) is 52.1. The third kappa shape index (κ3) is 14.3. The molecule has 3 fully saturated rings. The maximum absolute atomic E-state index is 14.1. The fourth-order valence-electron chi connectivity index (χ4n) is 8.50. The van der Waals surface area contributed by atoms with E-state index in [0.717, 1.165) is 16.7 Å². The highest BCUT2D eigenvalue weighted by Gasteiger charge is 2.57. The van der Waals surface area contributed by atoms with Crippen LogP contribution in [0.25, 0.3) is 0 Å². The standard InChI is InChI=1S/C55H58ClNO15/c1-36-44(68-43(58)32-56)46(69-50(59)39-24-12-4-13-25-39)49(70-51(60)40-26-14-5-15-27-40)54(66-36)72-47-45-42(35-64-52(71-45)41-28-16-6-17-29-41)67-53(48(47)63-33-37-20-8-2-9-21-37)62-31-19-7-18-30-57-55(61)65-34-38-22-10-3-11-23-38/h2-6,8-17,20-29,36,42,44-49,52-54H,7,18-19,30-35H2,1H3,(H,57,61)/t36-,42+,44-,45+,46+,47-,48+,49+,52+,53+,54-/m0/s1. The third-order valence-electron chi connectivity index (χ3n) is 12.1. The van der Waals surface area contributed by atoms with Gasteiger partial charge in [-0.15, -0.1) is 11.6 Å². The van der Waals surface area contributed by atoms with Crippen molar-refractivity contribution in [3.8, 4) is 0 Å². The van der Waals surface area contributed by atoms with Crippen LogP contribution in [0.1, 0.15) is 69.9 Å². The molecule has 3 saturated heterocycles. The lowest BCUT2D eigenvalue weighted by atomic mass is 9.95. The molecular formula is C55H58ClNO15. The van der Waals surface area contributed by atoms with E-state index in [2.05, 4.69) is 5.32 Å². The molecule has 380 valence electrons. The zero-order valence-corrected chi connectivity index (χ0v) is 40.4. The first-order chi connectivity index (χ1) is 35.2. The van der Waals surface area contributed by atoms with E-state index in [1.165, 1.54) is 0 Å². The molecule has 5 aromatic carbocycles. The van der Waals surface area contributed by atoms with Crippen LogP contribution in [0.15, 0.2) is 152 Å². The van der Waals surface area contributed by atoms with Crippen molar-refractivity contribution in [2.45, 2.75) is 107 Å². The van der Waals surface area contributed by atoms with Crippen LogP contribution in [0, 0.1) is 0 Å². The monoisotopic (exact) mass is 1010 g/mol. The van der Waals surface area contributed by atoms with Crippen LogP contribution >= 0.6 is 11.6 Å². The molecule has 0 unspecified atom stereocenters. The van der Waals surface area contributed by atoms with Gasteiger partial charge in [0.2, 0.25) is 0 Å². The number of fused-ring (bicyclic) bond motifs is 1.